The second-order valence-corrected chi connectivity index (χ2v) is 4.48. The largest absolute Gasteiger partial charge is 0.398 e. The highest BCUT2D eigenvalue weighted by molar-refractivity contribution is 7.81. The van der Waals surface area contributed by atoms with Crippen LogP contribution in [-0.2, 0) is 0 Å². The zero-order valence-electron chi connectivity index (χ0n) is 6.66. The van der Waals surface area contributed by atoms with Crippen molar-refractivity contribution in [2.24, 2.45) is 0 Å². The summed E-state index contributed by atoms with van der Waals surface area (Å²) in [5.41, 5.74) is 6.48. The molecule has 2 N–H and O–H groups in total. The molecule has 2 rings (SSSR count). The maximum Gasteiger partial charge on any atom is 0.0499 e. The lowest BCUT2D eigenvalue weighted by atomic mass is 10.2. The molecule has 0 aliphatic heterocycles. The summed E-state index contributed by atoms with van der Waals surface area (Å²) in [5.74, 6) is 0. The number of hydrogen-bond acceptors (Lipinski definition) is 3. The molecule has 1 heterocycles. The summed E-state index contributed by atoms with van der Waals surface area (Å²) in [4.78, 5) is 2.21. The van der Waals surface area contributed by atoms with Gasteiger partial charge in [0.1, 0.15) is 0 Å². The first-order chi connectivity index (χ1) is 5.68. The van der Waals surface area contributed by atoms with Crippen molar-refractivity contribution in [1.29, 1.82) is 0 Å². The molecule has 1 nitrogen and oxygen atoms in total. The summed E-state index contributed by atoms with van der Waals surface area (Å²) < 4.78 is 1.19. The molecule has 0 bridgehead atoms. The third-order valence-electron chi connectivity index (χ3n) is 1.81. The van der Waals surface area contributed by atoms with Crippen LogP contribution >= 0.6 is 24.0 Å². The maximum atomic E-state index is 5.73. The lowest BCUT2D eigenvalue weighted by molar-refractivity contribution is 1.59. The Morgan fingerprint density at radius 1 is 1.42 bits per heavy atom. The SMILES string of the molecule is Cc1cc2ccc(N)c(S)c2s1. The van der Waals surface area contributed by atoms with Crippen LogP contribution in [-0.4, -0.2) is 0 Å². The van der Waals surface area contributed by atoms with E-state index in [0.717, 1.165) is 10.6 Å². The molecule has 0 radical (unpaired) electrons. The van der Waals surface area contributed by atoms with Crippen molar-refractivity contribution in [2.75, 3.05) is 5.73 Å². The highest BCUT2D eigenvalue weighted by Crippen LogP contribution is 2.33. The van der Waals surface area contributed by atoms with E-state index in [0.29, 0.717) is 0 Å². The van der Waals surface area contributed by atoms with E-state index in [9.17, 15) is 0 Å². The summed E-state index contributed by atoms with van der Waals surface area (Å²) in [6, 6.07) is 6.09. The number of nitrogen functional groups attached to an aromatic ring is 1. The zero-order chi connectivity index (χ0) is 8.72. The Morgan fingerprint density at radius 3 is 2.92 bits per heavy atom. The third-order valence-corrected chi connectivity index (χ3v) is 3.53. The number of benzene rings is 1. The molecule has 3 heteroatoms. The van der Waals surface area contributed by atoms with Crippen LogP contribution in [0.3, 0.4) is 0 Å². The Labute approximate surface area is 80.6 Å². The first kappa shape index (κ1) is 7.95. The molecule has 0 atom stereocenters. The van der Waals surface area contributed by atoms with Gasteiger partial charge in [0.2, 0.25) is 0 Å². The van der Waals surface area contributed by atoms with E-state index in [1.165, 1.54) is 15.0 Å². The maximum absolute atomic E-state index is 5.73. The first-order valence-corrected chi connectivity index (χ1v) is 4.92. The first-order valence-electron chi connectivity index (χ1n) is 3.66. The zero-order valence-corrected chi connectivity index (χ0v) is 8.38. The van der Waals surface area contributed by atoms with E-state index < -0.39 is 0 Å². The van der Waals surface area contributed by atoms with Crippen LogP contribution in [0.25, 0.3) is 10.1 Å². The van der Waals surface area contributed by atoms with Crippen molar-refractivity contribution in [3.8, 4) is 0 Å². The van der Waals surface area contributed by atoms with Gasteiger partial charge >= 0.3 is 0 Å². The Balaban J connectivity index is 2.89. The molecule has 12 heavy (non-hydrogen) atoms. The predicted octanol–water partition coefficient (Wildman–Crippen LogP) is 3.08. The number of aryl methyl sites for hydroxylation is 1. The van der Waals surface area contributed by atoms with Gasteiger partial charge in [-0.15, -0.1) is 24.0 Å². The molecule has 0 unspecified atom stereocenters. The van der Waals surface area contributed by atoms with Gasteiger partial charge in [-0.2, -0.15) is 0 Å². The number of thiophene rings is 1. The monoisotopic (exact) mass is 195 g/mol. The molecule has 0 fully saturated rings. The van der Waals surface area contributed by atoms with Gasteiger partial charge in [0, 0.05) is 20.2 Å². The molecular weight excluding hydrogens is 186 g/mol. The lowest BCUT2D eigenvalue weighted by Crippen LogP contribution is -1.84. The van der Waals surface area contributed by atoms with Crippen LogP contribution in [0.4, 0.5) is 5.69 Å². The van der Waals surface area contributed by atoms with Gasteiger partial charge in [-0.3, -0.25) is 0 Å². The summed E-state index contributed by atoms with van der Waals surface area (Å²) in [5, 5.41) is 1.23. The van der Waals surface area contributed by atoms with E-state index >= 15 is 0 Å². The van der Waals surface area contributed by atoms with E-state index in [2.05, 4.69) is 25.6 Å². The van der Waals surface area contributed by atoms with Crippen LogP contribution in [0.5, 0.6) is 0 Å². The fourth-order valence-electron chi connectivity index (χ4n) is 1.23. The molecule has 62 valence electrons. The normalized spacial score (nSPS) is 10.8. The average Bonchev–Trinajstić information content (AvgIpc) is 2.39. The van der Waals surface area contributed by atoms with E-state index in [-0.39, 0.29) is 0 Å². The highest BCUT2D eigenvalue weighted by Gasteiger charge is 2.03. The number of thiol groups is 1. The summed E-state index contributed by atoms with van der Waals surface area (Å²) in [6.45, 7) is 2.09. The fraction of sp³-hybridized carbons (Fsp3) is 0.111. The van der Waals surface area contributed by atoms with Gasteiger partial charge in [-0.1, -0.05) is 6.07 Å². The van der Waals surface area contributed by atoms with Crippen LogP contribution in [0.2, 0.25) is 0 Å². The molecule has 2 aromatic rings. The second kappa shape index (κ2) is 2.68. The van der Waals surface area contributed by atoms with Crippen molar-refractivity contribution in [1.82, 2.24) is 0 Å². The van der Waals surface area contributed by atoms with Crippen molar-refractivity contribution in [3.05, 3.63) is 23.1 Å². The minimum Gasteiger partial charge on any atom is -0.398 e. The molecule has 0 amide bonds. The minimum atomic E-state index is 0.757. The average molecular weight is 195 g/mol. The molecule has 0 aliphatic carbocycles. The number of hydrogen-bond donors (Lipinski definition) is 2. The smallest absolute Gasteiger partial charge is 0.0499 e. The summed E-state index contributed by atoms with van der Waals surface area (Å²) >= 11 is 6.10. The second-order valence-electron chi connectivity index (χ2n) is 2.78. The molecule has 0 aliphatic rings. The molecule has 0 spiro atoms. The number of nitrogens with two attached hydrogens (primary N) is 1. The lowest BCUT2D eigenvalue weighted by Gasteiger charge is -1.98. The van der Waals surface area contributed by atoms with Crippen LogP contribution in [0.1, 0.15) is 4.88 Å². The Hall–Kier alpha value is -0.670. The molecular formula is C9H9NS2. The van der Waals surface area contributed by atoms with Crippen molar-refractivity contribution in [2.45, 2.75) is 11.8 Å². The van der Waals surface area contributed by atoms with Crippen LogP contribution in [0.15, 0.2) is 23.1 Å². The Morgan fingerprint density at radius 2 is 2.17 bits per heavy atom. The Bertz CT molecular complexity index is 431. The van der Waals surface area contributed by atoms with Gasteiger partial charge in [0.15, 0.2) is 0 Å². The van der Waals surface area contributed by atoms with Gasteiger partial charge < -0.3 is 5.73 Å². The van der Waals surface area contributed by atoms with E-state index in [4.69, 9.17) is 5.73 Å². The predicted molar refractivity (Wildman–Crippen MR) is 58.2 cm³/mol. The van der Waals surface area contributed by atoms with Crippen molar-refractivity contribution >= 4 is 39.7 Å². The van der Waals surface area contributed by atoms with Gasteiger partial charge in [0.25, 0.3) is 0 Å². The topological polar surface area (TPSA) is 26.0 Å². The molecule has 0 saturated carbocycles. The summed E-state index contributed by atoms with van der Waals surface area (Å²) in [7, 11) is 0. The third kappa shape index (κ3) is 1.09. The quantitative estimate of drug-likeness (QED) is 0.490. The highest BCUT2D eigenvalue weighted by atomic mass is 32.1. The molecule has 0 saturated heterocycles. The number of rotatable bonds is 0. The fourth-order valence-corrected chi connectivity index (χ4v) is 2.54. The molecule has 1 aromatic heterocycles. The Kier molecular flexibility index (Phi) is 1.77. The van der Waals surface area contributed by atoms with Crippen molar-refractivity contribution < 1.29 is 0 Å². The van der Waals surface area contributed by atoms with Crippen molar-refractivity contribution in [3.63, 3.8) is 0 Å². The van der Waals surface area contributed by atoms with Crippen LogP contribution < -0.4 is 5.73 Å². The summed E-state index contributed by atoms with van der Waals surface area (Å²) in [6.07, 6.45) is 0. The standard InChI is InChI=1S/C9H9NS2/c1-5-4-6-2-3-7(10)8(11)9(6)12-5/h2-4,11H,10H2,1H3. The van der Waals surface area contributed by atoms with Crippen LogP contribution in [0, 0.1) is 6.92 Å². The van der Waals surface area contributed by atoms with E-state index in [1.807, 2.05) is 12.1 Å². The van der Waals surface area contributed by atoms with E-state index in [1.54, 1.807) is 11.3 Å². The van der Waals surface area contributed by atoms with Gasteiger partial charge in [-0.25, -0.2) is 0 Å². The number of fused-ring (bicyclic) bond motifs is 1. The molecule has 1 aromatic carbocycles. The minimum absolute atomic E-state index is 0.757. The number of anilines is 1. The van der Waals surface area contributed by atoms with Gasteiger partial charge in [0.05, 0.1) is 0 Å². The van der Waals surface area contributed by atoms with Gasteiger partial charge in [-0.05, 0) is 24.4 Å².